The van der Waals surface area contributed by atoms with E-state index in [1.54, 1.807) is 0 Å². The summed E-state index contributed by atoms with van der Waals surface area (Å²) in [7, 11) is -4.43. The zero-order valence-corrected chi connectivity index (χ0v) is 17.5. The highest BCUT2D eigenvalue weighted by atomic mass is 35.5. The number of carboxylic acid groups (broad SMARTS) is 1. The maximum absolute atomic E-state index is 13.1. The summed E-state index contributed by atoms with van der Waals surface area (Å²) in [5.74, 6) is -1.19. The van der Waals surface area contributed by atoms with Gasteiger partial charge in [-0.1, -0.05) is 34.8 Å². The Morgan fingerprint density at radius 2 is 1.62 bits per heavy atom. The molecule has 2 rings (SSSR count). The fraction of sp³-hybridized carbons (Fsp3) is 0.235. The van der Waals surface area contributed by atoms with Crippen LogP contribution in [0.2, 0.25) is 15.1 Å². The maximum Gasteiger partial charge on any atom is 0.416 e. The normalized spacial score (nSPS) is 12.1. The van der Waals surface area contributed by atoms with E-state index in [0.717, 1.165) is 18.2 Å². The van der Waals surface area contributed by atoms with Crippen LogP contribution in [-0.4, -0.2) is 26.0 Å². The molecule has 0 radical (unpaired) electrons. The average molecular weight is 491 g/mol. The van der Waals surface area contributed by atoms with E-state index in [4.69, 9.17) is 39.9 Å². The summed E-state index contributed by atoms with van der Waals surface area (Å²) < 4.78 is 66.2. The van der Waals surface area contributed by atoms with Crippen molar-refractivity contribution in [2.75, 3.05) is 10.8 Å². The highest BCUT2D eigenvalue weighted by Crippen LogP contribution is 2.38. The second kappa shape index (κ2) is 8.99. The van der Waals surface area contributed by atoms with Crippen LogP contribution in [0.1, 0.15) is 18.4 Å². The van der Waals surface area contributed by atoms with Gasteiger partial charge in [-0.3, -0.25) is 9.10 Å². The monoisotopic (exact) mass is 489 g/mol. The van der Waals surface area contributed by atoms with Crippen molar-refractivity contribution in [2.24, 2.45) is 0 Å². The predicted molar refractivity (Wildman–Crippen MR) is 104 cm³/mol. The van der Waals surface area contributed by atoms with Crippen molar-refractivity contribution in [2.45, 2.75) is 23.9 Å². The Labute approximate surface area is 179 Å². The smallest absolute Gasteiger partial charge is 0.416 e. The van der Waals surface area contributed by atoms with Crippen molar-refractivity contribution in [1.82, 2.24) is 0 Å². The zero-order valence-electron chi connectivity index (χ0n) is 14.4. The first-order valence-corrected chi connectivity index (χ1v) is 10.5. The topological polar surface area (TPSA) is 74.7 Å². The van der Waals surface area contributed by atoms with Crippen LogP contribution < -0.4 is 4.31 Å². The molecule has 0 spiro atoms. The van der Waals surface area contributed by atoms with Gasteiger partial charge in [-0.15, -0.1) is 0 Å². The minimum atomic E-state index is -4.74. The fourth-order valence-corrected chi connectivity index (χ4v) is 4.56. The first kappa shape index (κ1) is 23.6. The van der Waals surface area contributed by atoms with Gasteiger partial charge in [-0.2, -0.15) is 13.2 Å². The van der Waals surface area contributed by atoms with E-state index in [0.29, 0.717) is 16.4 Å². The van der Waals surface area contributed by atoms with Gasteiger partial charge in [-0.25, -0.2) is 8.42 Å². The summed E-state index contributed by atoms with van der Waals surface area (Å²) in [6, 6.07) is 5.64. The Bertz CT molecular complexity index is 1030. The first-order chi connectivity index (χ1) is 13.3. The molecule has 0 aliphatic carbocycles. The van der Waals surface area contributed by atoms with Crippen molar-refractivity contribution in [3.63, 3.8) is 0 Å². The summed E-state index contributed by atoms with van der Waals surface area (Å²) in [6.45, 7) is -0.421. The molecule has 29 heavy (non-hydrogen) atoms. The number of anilines is 1. The number of rotatable bonds is 7. The van der Waals surface area contributed by atoms with Crippen molar-refractivity contribution in [1.29, 1.82) is 0 Å². The minimum Gasteiger partial charge on any atom is -0.481 e. The first-order valence-electron chi connectivity index (χ1n) is 7.90. The molecule has 0 aliphatic rings. The Hall–Kier alpha value is -1.68. The summed E-state index contributed by atoms with van der Waals surface area (Å²) in [4.78, 5) is 10.5. The van der Waals surface area contributed by atoms with Crippen molar-refractivity contribution in [3.8, 4) is 0 Å². The molecule has 1 N–H and O–H groups in total. The highest BCUT2D eigenvalue weighted by molar-refractivity contribution is 7.92. The number of carboxylic acids is 1. The second-order valence-corrected chi connectivity index (χ2v) is 8.90. The Morgan fingerprint density at radius 1 is 1.00 bits per heavy atom. The molecule has 2 aromatic rings. The Morgan fingerprint density at radius 3 is 2.17 bits per heavy atom. The number of alkyl halides is 3. The van der Waals surface area contributed by atoms with Gasteiger partial charge in [0, 0.05) is 13.0 Å². The third kappa shape index (κ3) is 5.69. The van der Waals surface area contributed by atoms with Crippen LogP contribution in [0.15, 0.2) is 41.3 Å². The number of carbonyl (C=O) groups is 1. The lowest BCUT2D eigenvalue weighted by atomic mass is 10.2. The van der Waals surface area contributed by atoms with Crippen molar-refractivity contribution < 1.29 is 31.5 Å². The number of halogens is 6. The number of benzene rings is 2. The van der Waals surface area contributed by atoms with Gasteiger partial charge in [0.25, 0.3) is 10.0 Å². The number of nitrogens with zero attached hydrogens (tertiary/aromatic N) is 1. The van der Waals surface area contributed by atoms with E-state index in [9.17, 15) is 26.4 Å². The number of hydrogen-bond donors (Lipinski definition) is 1. The summed E-state index contributed by atoms with van der Waals surface area (Å²) in [5.41, 5.74) is -1.54. The SMILES string of the molecule is O=C(O)CCCN(c1cc(C(F)(F)F)ccc1Cl)S(=O)(=O)c1ccc(Cl)c(Cl)c1. The highest BCUT2D eigenvalue weighted by Gasteiger charge is 2.34. The number of sulfonamides is 1. The quantitative estimate of drug-likeness (QED) is 0.538. The molecule has 0 atom stereocenters. The maximum atomic E-state index is 13.1. The van der Waals surface area contributed by atoms with Crippen LogP contribution in [0.3, 0.4) is 0 Å². The summed E-state index contributed by atoms with van der Waals surface area (Å²) in [5, 5.41) is 8.57. The molecular weight excluding hydrogens is 478 g/mol. The fourth-order valence-electron chi connectivity index (χ4n) is 2.39. The summed E-state index contributed by atoms with van der Waals surface area (Å²) in [6.07, 6.45) is -5.30. The van der Waals surface area contributed by atoms with E-state index in [-0.39, 0.29) is 26.4 Å². The van der Waals surface area contributed by atoms with Crippen LogP contribution >= 0.6 is 34.8 Å². The van der Waals surface area contributed by atoms with E-state index in [2.05, 4.69) is 0 Å². The molecule has 0 bridgehead atoms. The third-order valence-corrected chi connectivity index (χ3v) is 6.64. The number of hydrogen-bond acceptors (Lipinski definition) is 3. The second-order valence-electron chi connectivity index (χ2n) is 5.81. The molecule has 0 unspecified atom stereocenters. The average Bonchev–Trinajstić information content (AvgIpc) is 2.60. The van der Waals surface area contributed by atoms with Gasteiger partial charge in [0.2, 0.25) is 0 Å². The molecule has 12 heteroatoms. The molecule has 0 heterocycles. The molecule has 5 nitrogen and oxygen atoms in total. The molecule has 158 valence electrons. The van der Waals surface area contributed by atoms with Crippen LogP contribution in [0.25, 0.3) is 0 Å². The van der Waals surface area contributed by atoms with Crippen LogP contribution in [0.5, 0.6) is 0 Å². The number of aliphatic carboxylic acids is 1. The molecule has 0 saturated carbocycles. The van der Waals surface area contributed by atoms with Gasteiger partial charge in [-0.05, 0) is 42.8 Å². The lowest BCUT2D eigenvalue weighted by Crippen LogP contribution is -2.33. The van der Waals surface area contributed by atoms with Gasteiger partial charge < -0.3 is 5.11 Å². The van der Waals surface area contributed by atoms with Crippen molar-refractivity contribution in [3.05, 3.63) is 57.0 Å². The third-order valence-electron chi connectivity index (χ3n) is 3.77. The molecule has 0 fully saturated rings. The van der Waals surface area contributed by atoms with Crippen LogP contribution in [-0.2, 0) is 21.0 Å². The lowest BCUT2D eigenvalue weighted by Gasteiger charge is -2.26. The van der Waals surface area contributed by atoms with Gasteiger partial charge in [0.15, 0.2) is 0 Å². The molecule has 2 aromatic carbocycles. The largest absolute Gasteiger partial charge is 0.481 e. The minimum absolute atomic E-state index is 0.0756. The Balaban J connectivity index is 2.60. The van der Waals surface area contributed by atoms with Crippen LogP contribution in [0.4, 0.5) is 18.9 Å². The summed E-state index contributed by atoms with van der Waals surface area (Å²) >= 11 is 17.7. The lowest BCUT2D eigenvalue weighted by molar-refractivity contribution is -0.138. The predicted octanol–water partition coefficient (Wildman–Crippen LogP) is 5.73. The van der Waals surface area contributed by atoms with Gasteiger partial charge in [0.1, 0.15) is 0 Å². The van der Waals surface area contributed by atoms with E-state index < -0.39 is 46.4 Å². The van der Waals surface area contributed by atoms with E-state index in [1.807, 2.05) is 0 Å². The van der Waals surface area contributed by atoms with Gasteiger partial charge >= 0.3 is 12.1 Å². The molecule has 0 aliphatic heterocycles. The standard InChI is InChI=1S/C17H13Cl3F3NO4S/c18-12-6-4-11(9-14(12)20)29(27,28)24(7-1-2-16(25)26)15-8-10(17(21,22)23)3-5-13(15)19/h3-6,8-9H,1-2,7H2,(H,25,26). The Kier molecular flexibility index (Phi) is 7.32. The van der Waals surface area contributed by atoms with Crippen LogP contribution in [0, 0.1) is 0 Å². The zero-order chi connectivity index (χ0) is 22.0. The molecular formula is C17H13Cl3F3NO4S. The van der Waals surface area contributed by atoms with E-state index >= 15 is 0 Å². The van der Waals surface area contributed by atoms with E-state index in [1.165, 1.54) is 6.07 Å². The molecule has 0 saturated heterocycles. The molecule has 0 aromatic heterocycles. The van der Waals surface area contributed by atoms with Crippen molar-refractivity contribution >= 4 is 56.5 Å². The van der Waals surface area contributed by atoms with Gasteiger partial charge in [0.05, 0.1) is 31.2 Å². The molecule has 0 amide bonds.